The summed E-state index contributed by atoms with van der Waals surface area (Å²) < 4.78 is 111. The molecule has 0 aliphatic carbocycles. The number of rotatable bonds is 4. The number of esters is 1. The minimum absolute atomic E-state index is 0.666. The third-order valence-electron chi connectivity index (χ3n) is 2.58. The second-order valence-corrected chi connectivity index (χ2v) is 5.76. The molecule has 0 heterocycles. The van der Waals surface area contributed by atoms with Crippen LogP contribution in [0.2, 0.25) is 0 Å². The Morgan fingerprint density at radius 3 is 1.78 bits per heavy atom. The summed E-state index contributed by atoms with van der Waals surface area (Å²) in [6.45, 7) is 0. The van der Waals surface area contributed by atoms with Crippen molar-refractivity contribution >= 4 is 16.1 Å². The van der Waals surface area contributed by atoms with E-state index in [0.717, 1.165) is 24.3 Å². The molecule has 1 aromatic carbocycles. The zero-order valence-electron chi connectivity index (χ0n) is 10.9. The summed E-state index contributed by atoms with van der Waals surface area (Å²) in [6, 6.07) is 5.35. The van der Waals surface area contributed by atoms with Crippen molar-refractivity contribution in [1.29, 1.82) is 0 Å². The maximum atomic E-state index is 12.9. The Morgan fingerprint density at radius 2 is 1.43 bits per heavy atom. The summed E-state index contributed by atoms with van der Waals surface area (Å²) in [6.07, 6.45) is -12.7. The van der Waals surface area contributed by atoms with E-state index in [0.29, 0.717) is 0 Å². The Morgan fingerprint density at radius 1 is 1.00 bits per heavy atom. The Labute approximate surface area is 125 Å². The highest BCUT2D eigenvalue weighted by Gasteiger charge is 2.76. The molecular formula is C11H8F6O5S. The molecule has 1 rings (SSSR count). The molecule has 1 N–H and O–H groups in total. The fourth-order valence-corrected chi connectivity index (χ4v) is 2.42. The second-order valence-electron chi connectivity index (χ2n) is 4.30. The molecule has 0 saturated heterocycles. The molecule has 0 aromatic heterocycles. The smallest absolute Gasteiger partial charge is 0.435 e. The second kappa shape index (κ2) is 6.00. The quantitative estimate of drug-likeness (QED) is 0.503. The third-order valence-corrected chi connectivity index (χ3v) is 3.35. The van der Waals surface area contributed by atoms with Crippen LogP contribution in [0.15, 0.2) is 30.3 Å². The lowest BCUT2D eigenvalue weighted by atomic mass is 10.1. The third kappa shape index (κ3) is 4.34. The van der Waals surface area contributed by atoms with Gasteiger partial charge >= 0.3 is 23.9 Å². The van der Waals surface area contributed by atoms with Gasteiger partial charge in [0.05, 0.1) is 5.56 Å². The van der Waals surface area contributed by atoms with Gasteiger partial charge in [-0.15, -0.1) is 0 Å². The first-order valence-corrected chi connectivity index (χ1v) is 7.17. The average Bonchev–Trinajstić information content (AvgIpc) is 2.34. The van der Waals surface area contributed by atoms with Gasteiger partial charge in [0.1, 0.15) is 5.75 Å². The van der Waals surface area contributed by atoms with E-state index in [1.807, 2.05) is 0 Å². The highest BCUT2D eigenvalue weighted by atomic mass is 32.2. The van der Waals surface area contributed by atoms with Crippen molar-refractivity contribution in [3.63, 3.8) is 0 Å². The zero-order chi connectivity index (χ0) is 18.1. The van der Waals surface area contributed by atoms with E-state index in [4.69, 9.17) is 4.55 Å². The van der Waals surface area contributed by atoms with E-state index < -0.39 is 45.4 Å². The van der Waals surface area contributed by atoms with Crippen LogP contribution in [0.5, 0.6) is 0 Å². The molecule has 130 valence electrons. The van der Waals surface area contributed by atoms with Gasteiger partial charge in [0, 0.05) is 0 Å². The molecule has 0 aliphatic heterocycles. The zero-order valence-corrected chi connectivity index (χ0v) is 11.7. The summed E-state index contributed by atoms with van der Waals surface area (Å²) in [5.74, 6) is -4.96. The number of carbonyl (C=O) groups is 1. The van der Waals surface area contributed by atoms with E-state index in [1.165, 1.54) is 6.07 Å². The van der Waals surface area contributed by atoms with Crippen LogP contribution in [-0.2, 0) is 14.9 Å². The van der Waals surface area contributed by atoms with E-state index in [1.54, 1.807) is 0 Å². The molecule has 0 fully saturated rings. The van der Waals surface area contributed by atoms with Gasteiger partial charge in [0.25, 0.3) is 10.1 Å². The number of benzene rings is 1. The van der Waals surface area contributed by atoms with Crippen LogP contribution in [0.4, 0.5) is 26.3 Å². The molecule has 0 aliphatic rings. The maximum Gasteiger partial charge on any atom is 0.438 e. The van der Waals surface area contributed by atoms with Crippen molar-refractivity contribution in [2.24, 2.45) is 0 Å². The molecule has 0 amide bonds. The molecule has 0 radical (unpaired) electrons. The molecule has 5 nitrogen and oxygen atoms in total. The van der Waals surface area contributed by atoms with E-state index in [9.17, 15) is 39.6 Å². The summed E-state index contributed by atoms with van der Waals surface area (Å²) in [5.41, 5.74) is -6.07. The van der Waals surface area contributed by atoms with Gasteiger partial charge < -0.3 is 4.74 Å². The van der Waals surface area contributed by atoms with Crippen LogP contribution in [0.1, 0.15) is 10.4 Å². The standard InChI is InChI=1S/C11H8F6O5S/c12-10(13,14)9(11(15,16)17,6-23(19,20)21)22-8(18)7-4-2-1-3-5-7/h1-5H,6H2,(H,19,20,21). The molecule has 23 heavy (non-hydrogen) atoms. The molecule has 0 atom stereocenters. The van der Waals surface area contributed by atoms with Gasteiger partial charge in [-0.05, 0) is 12.1 Å². The number of carbonyl (C=O) groups excluding carboxylic acids is 1. The Kier molecular flexibility index (Phi) is 5.01. The molecule has 0 spiro atoms. The maximum absolute atomic E-state index is 12.9. The summed E-state index contributed by atoms with van der Waals surface area (Å²) >= 11 is 0. The summed E-state index contributed by atoms with van der Waals surface area (Å²) in [5, 5.41) is 0. The van der Waals surface area contributed by atoms with Gasteiger partial charge in [-0.2, -0.15) is 34.8 Å². The first-order chi connectivity index (χ1) is 10.2. The summed E-state index contributed by atoms with van der Waals surface area (Å²) in [7, 11) is -5.79. The predicted molar refractivity (Wildman–Crippen MR) is 63.1 cm³/mol. The minimum Gasteiger partial charge on any atom is -0.435 e. The topological polar surface area (TPSA) is 80.7 Å². The normalized spacial score (nSPS) is 13.7. The minimum atomic E-state index is -6.34. The molecular weight excluding hydrogens is 358 g/mol. The molecule has 12 heteroatoms. The Hall–Kier alpha value is -1.82. The fraction of sp³-hybridized carbons (Fsp3) is 0.364. The van der Waals surface area contributed by atoms with Crippen molar-refractivity contribution in [3.05, 3.63) is 35.9 Å². The monoisotopic (exact) mass is 366 g/mol. The van der Waals surface area contributed by atoms with E-state index in [-0.39, 0.29) is 0 Å². The van der Waals surface area contributed by atoms with E-state index >= 15 is 0 Å². The first kappa shape index (κ1) is 19.2. The van der Waals surface area contributed by atoms with Crippen molar-refractivity contribution in [1.82, 2.24) is 0 Å². The van der Waals surface area contributed by atoms with Crippen LogP contribution >= 0.6 is 0 Å². The van der Waals surface area contributed by atoms with Crippen molar-refractivity contribution < 1.29 is 48.8 Å². The summed E-state index contributed by atoms with van der Waals surface area (Å²) in [4.78, 5) is 11.5. The van der Waals surface area contributed by atoms with Crippen LogP contribution in [0.3, 0.4) is 0 Å². The predicted octanol–water partition coefficient (Wildman–Crippen LogP) is 2.59. The Bertz CT molecular complexity index is 650. The fourth-order valence-electron chi connectivity index (χ4n) is 1.52. The number of alkyl halides is 6. The highest BCUT2D eigenvalue weighted by Crippen LogP contribution is 2.47. The van der Waals surface area contributed by atoms with E-state index in [2.05, 4.69) is 4.74 Å². The number of halogens is 6. The number of hydrogen-bond acceptors (Lipinski definition) is 4. The lowest BCUT2D eigenvalue weighted by Gasteiger charge is -2.35. The van der Waals surface area contributed by atoms with Crippen LogP contribution in [0, 0.1) is 0 Å². The van der Waals surface area contributed by atoms with Gasteiger partial charge in [-0.3, -0.25) is 4.55 Å². The average molecular weight is 366 g/mol. The van der Waals surface area contributed by atoms with Crippen LogP contribution in [-0.4, -0.2) is 42.6 Å². The van der Waals surface area contributed by atoms with Crippen molar-refractivity contribution in [3.8, 4) is 0 Å². The Balaban J connectivity index is 3.42. The van der Waals surface area contributed by atoms with Crippen molar-refractivity contribution in [2.75, 3.05) is 5.75 Å². The van der Waals surface area contributed by atoms with Gasteiger partial charge in [0.2, 0.25) is 0 Å². The van der Waals surface area contributed by atoms with Crippen LogP contribution in [0.25, 0.3) is 0 Å². The lowest BCUT2D eigenvalue weighted by Crippen LogP contribution is -2.63. The van der Waals surface area contributed by atoms with Crippen molar-refractivity contribution in [2.45, 2.75) is 18.0 Å². The highest BCUT2D eigenvalue weighted by molar-refractivity contribution is 7.85. The largest absolute Gasteiger partial charge is 0.438 e. The lowest BCUT2D eigenvalue weighted by molar-refractivity contribution is -0.356. The molecule has 0 bridgehead atoms. The SMILES string of the molecule is O=C(OC(CS(=O)(=O)O)(C(F)(F)F)C(F)(F)F)c1ccccc1. The molecule has 1 aromatic rings. The van der Waals surface area contributed by atoms with Crippen LogP contribution < -0.4 is 0 Å². The first-order valence-electron chi connectivity index (χ1n) is 5.57. The number of ether oxygens (including phenoxy) is 1. The van der Waals surface area contributed by atoms with Gasteiger partial charge in [0.15, 0.2) is 0 Å². The van der Waals surface area contributed by atoms with Gasteiger partial charge in [-0.1, -0.05) is 18.2 Å². The molecule has 0 unspecified atom stereocenters. The van der Waals surface area contributed by atoms with Gasteiger partial charge in [-0.25, -0.2) is 4.79 Å². The number of hydrogen-bond donors (Lipinski definition) is 1. The molecule has 0 saturated carbocycles.